The van der Waals surface area contributed by atoms with E-state index < -0.39 is 18.2 Å². The lowest BCUT2D eigenvalue weighted by molar-refractivity contribution is -0.159. The van der Waals surface area contributed by atoms with Crippen LogP contribution >= 0.6 is 0 Å². The van der Waals surface area contributed by atoms with Crippen LogP contribution in [0.25, 0.3) is 11.4 Å². The van der Waals surface area contributed by atoms with Gasteiger partial charge in [-0.15, -0.1) is 0 Å². The molecule has 21 heavy (non-hydrogen) atoms. The van der Waals surface area contributed by atoms with E-state index in [0.29, 0.717) is 12.1 Å². The Balaban J connectivity index is 2.12. The van der Waals surface area contributed by atoms with Gasteiger partial charge in [-0.2, -0.15) is 18.2 Å². The Morgan fingerprint density at radius 3 is 2.52 bits per heavy atom. The third-order valence-electron chi connectivity index (χ3n) is 2.31. The third-order valence-corrected chi connectivity index (χ3v) is 2.31. The van der Waals surface area contributed by atoms with Gasteiger partial charge < -0.3 is 14.6 Å². The first-order valence-electron chi connectivity index (χ1n) is 5.87. The summed E-state index contributed by atoms with van der Waals surface area (Å²) in [6.07, 6.45) is -5.31. The van der Waals surface area contributed by atoms with Gasteiger partial charge in [0.05, 0.1) is 0 Å². The van der Waals surface area contributed by atoms with Gasteiger partial charge in [-0.1, -0.05) is 5.16 Å². The summed E-state index contributed by atoms with van der Waals surface area (Å²) in [5.74, 6) is -1.38. The Bertz CT molecular complexity index is 623. The molecule has 1 N–H and O–H groups in total. The predicted molar refractivity (Wildman–Crippen MR) is 64.4 cm³/mol. The number of amides is 1. The van der Waals surface area contributed by atoms with Crippen LogP contribution in [0.3, 0.4) is 0 Å². The van der Waals surface area contributed by atoms with Crippen LogP contribution in [0.2, 0.25) is 0 Å². The number of carbonyl (C=O) groups is 1. The normalized spacial score (nSPS) is 11.2. The Labute approximate surface area is 116 Å². The molecule has 0 fully saturated rings. The standard InChI is InChI=1S/C12H10F3N3O3/c1-2-16-11(19)20-8-5-3-7(4-6-8)9-17-10(21-18-9)12(13,14)15/h3-6H,2H2,1H3,(H,16,19). The highest BCUT2D eigenvalue weighted by Gasteiger charge is 2.38. The number of alkyl halides is 3. The maximum atomic E-state index is 12.3. The first-order chi connectivity index (χ1) is 9.90. The number of ether oxygens (including phenoxy) is 1. The summed E-state index contributed by atoms with van der Waals surface area (Å²) < 4.78 is 46.0. The molecule has 1 aromatic heterocycles. The lowest BCUT2D eigenvalue weighted by Crippen LogP contribution is -2.26. The maximum Gasteiger partial charge on any atom is 0.471 e. The molecular formula is C12H10F3N3O3. The largest absolute Gasteiger partial charge is 0.471 e. The second-order valence-corrected chi connectivity index (χ2v) is 3.87. The molecule has 0 saturated carbocycles. The lowest BCUT2D eigenvalue weighted by atomic mass is 10.2. The van der Waals surface area contributed by atoms with Crippen LogP contribution in [-0.4, -0.2) is 22.8 Å². The second kappa shape index (κ2) is 5.81. The molecule has 0 aliphatic heterocycles. The molecule has 112 valence electrons. The molecule has 0 unspecified atom stereocenters. The predicted octanol–water partition coefficient (Wildman–Crippen LogP) is 2.86. The SMILES string of the molecule is CCNC(=O)Oc1ccc(-c2noc(C(F)(F)F)n2)cc1. The van der Waals surface area contributed by atoms with Crippen molar-refractivity contribution in [2.75, 3.05) is 6.54 Å². The summed E-state index contributed by atoms with van der Waals surface area (Å²) in [7, 11) is 0. The fourth-order valence-electron chi connectivity index (χ4n) is 1.42. The Kier molecular flexibility index (Phi) is 4.10. The molecule has 0 spiro atoms. The molecule has 9 heteroatoms. The highest BCUT2D eigenvalue weighted by Crippen LogP contribution is 2.29. The molecule has 1 aromatic carbocycles. The van der Waals surface area contributed by atoms with Crippen molar-refractivity contribution < 1.29 is 27.2 Å². The van der Waals surface area contributed by atoms with Crippen LogP contribution in [0.1, 0.15) is 12.8 Å². The van der Waals surface area contributed by atoms with Crippen molar-refractivity contribution in [1.82, 2.24) is 15.5 Å². The van der Waals surface area contributed by atoms with Gasteiger partial charge in [-0.25, -0.2) is 4.79 Å². The zero-order chi connectivity index (χ0) is 15.5. The highest BCUT2D eigenvalue weighted by atomic mass is 19.4. The van der Waals surface area contributed by atoms with Gasteiger partial charge in [0.2, 0.25) is 5.82 Å². The highest BCUT2D eigenvalue weighted by molar-refractivity contribution is 5.70. The van der Waals surface area contributed by atoms with Crippen LogP contribution in [0.15, 0.2) is 28.8 Å². The number of benzene rings is 1. The van der Waals surface area contributed by atoms with Crippen LogP contribution in [-0.2, 0) is 6.18 Å². The third kappa shape index (κ3) is 3.71. The first-order valence-corrected chi connectivity index (χ1v) is 5.87. The number of nitrogens with one attached hydrogen (secondary N) is 1. The molecule has 0 aliphatic rings. The van der Waals surface area contributed by atoms with Crippen LogP contribution in [0.4, 0.5) is 18.0 Å². The van der Waals surface area contributed by atoms with Crippen LogP contribution in [0, 0.1) is 0 Å². The molecule has 1 amide bonds. The fourth-order valence-corrected chi connectivity index (χ4v) is 1.42. The van der Waals surface area contributed by atoms with Crippen molar-refractivity contribution in [3.63, 3.8) is 0 Å². The maximum absolute atomic E-state index is 12.3. The van der Waals surface area contributed by atoms with Crippen molar-refractivity contribution in [2.45, 2.75) is 13.1 Å². The minimum absolute atomic E-state index is 0.202. The Morgan fingerprint density at radius 2 is 2.00 bits per heavy atom. The molecule has 0 saturated heterocycles. The topological polar surface area (TPSA) is 77.2 Å². The summed E-state index contributed by atoms with van der Waals surface area (Å²) >= 11 is 0. The molecule has 0 atom stereocenters. The van der Waals surface area contributed by atoms with E-state index in [1.54, 1.807) is 6.92 Å². The first kappa shape index (κ1) is 14.8. The van der Waals surface area contributed by atoms with Gasteiger partial charge in [-0.3, -0.25) is 0 Å². The second-order valence-electron chi connectivity index (χ2n) is 3.87. The molecule has 2 rings (SSSR count). The van der Waals surface area contributed by atoms with E-state index >= 15 is 0 Å². The number of rotatable bonds is 3. The molecule has 0 radical (unpaired) electrons. The van der Waals surface area contributed by atoms with Crippen molar-refractivity contribution >= 4 is 6.09 Å². The van der Waals surface area contributed by atoms with Crippen LogP contribution in [0.5, 0.6) is 5.75 Å². The van der Waals surface area contributed by atoms with Gasteiger partial charge in [0.25, 0.3) is 0 Å². The van der Waals surface area contributed by atoms with E-state index in [0.717, 1.165) is 0 Å². The number of hydrogen-bond donors (Lipinski definition) is 1. The number of carbonyl (C=O) groups excluding carboxylic acids is 1. The lowest BCUT2D eigenvalue weighted by Gasteiger charge is -2.04. The summed E-state index contributed by atoms with van der Waals surface area (Å²) in [5, 5.41) is 5.68. The van der Waals surface area contributed by atoms with Crippen molar-refractivity contribution in [1.29, 1.82) is 0 Å². The van der Waals surface area contributed by atoms with Gasteiger partial charge >= 0.3 is 18.2 Å². The quantitative estimate of drug-likeness (QED) is 0.943. The van der Waals surface area contributed by atoms with Gasteiger partial charge in [0.15, 0.2) is 0 Å². The number of halogens is 3. The van der Waals surface area contributed by atoms with E-state index in [9.17, 15) is 18.0 Å². The average Bonchev–Trinajstić information content (AvgIpc) is 2.89. The number of hydrogen-bond acceptors (Lipinski definition) is 5. The van der Waals surface area contributed by atoms with E-state index in [4.69, 9.17) is 4.74 Å². The molecular weight excluding hydrogens is 291 g/mol. The Morgan fingerprint density at radius 1 is 1.33 bits per heavy atom. The number of nitrogens with zero attached hydrogens (tertiary/aromatic N) is 2. The Hall–Kier alpha value is -2.58. The average molecular weight is 301 g/mol. The zero-order valence-corrected chi connectivity index (χ0v) is 10.8. The zero-order valence-electron chi connectivity index (χ0n) is 10.8. The molecule has 0 aliphatic carbocycles. The van der Waals surface area contributed by atoms with Crippen molar-refractivity contribution in [2.24, 2.45) is 0 Å². The molecule has 0 bridgehead atoms. The minimum Gasteiger partial charge on any atom is -0.410 e. The smallest absolute Gasteiger partial charge is 0.410 e. The van der Waals surface area contributed by atoms with Gasteiger partial charge in [0.1, 0.15) is 5.75 Å². The number of aromatic nitrogens is 2. The monoisotopic (exact) mass is 301 g/mol. The molecule has 1 heterocycles. The van der Waals surface area contributed by atoms with Crippen molar-refractivity contribution in [3.05, 3.63) is 30.2 Å². The van der Waals surface area contributed by atoms with Crippen LogP contribution < -0.4 is 10.1 Å². The van der Waals surface area contributed by atoms with E-state index in [1.807, 2.05) is 0 Å². The fraction of sp³-hybridized carbons (Fsp3) is 0.250. The minimum atomic E-state index is -4.69. The summed E-state index contributed by atoms with van der Waals surface area (Å²) in [6.45, 7) is 2.15. The van der Waals surface area contributed by atoms with E-state index in [-0.39, 0.29) is 11.6 Å². The van der Waals surface area contributed by atoms with Crippen molar-refractivity contribution in [3.8, 4) is 17.1 Å². The van der Waals surface area contributed by atoms with E-state index in [2.05, 4.69) is 20.0 Å². The summed E-state index contributed by atoms with van der Waals surface area (Å²) in [5.41, 5.74) is 0.303. The van der Waals surface area contributed by atoms with Gasteiger partial charge in [0, 0.05) is 12.1 Å². The molecule has 2 aromatic rings. The van der Waals surface area contributed by atoms with E-state index in [1.165, 1.54) is 24.3 Å². The molecule has 6 nitrogen and oxygen atoms in total. The summed E-state index contributed by atoms with van der Waals surface area (Å²) in [4.78, 5) is 14.4. The summed E-state index contributed by atoms with van der Waals surface area (Å²) in [6, 6.07) is 5.65. The van der Waals surface area contributed by atoms with Gasteiger partial charge in [-0.05, 0) is 31.2 Å².